The van der Waals surface area contributed by atoms with E-state index in [1.165, 1.54) is 61.6 Å². The molecule has 0 aliphatic rings. The zero-order chi connectivity index (χ0) is 21.6. The van der Waals surface area contributed by atoms with Crippen LogP contribution in [0, 0.1) is 5.41 Å². The smallest absolute Gasteiger partial charge is 0.0739 e. The van der Waals surface area contributed by atoms with E-state index < -0.39 is 0 Å². The van der Waals surface area contributed by atoms with Gasteiger partial charge < -0.3 is 22.7 Å². The largest absolute Gasteiger partial charge is 1.00 e. The normalized spacial score (nSPS) is 11.2. The molecular formula is C30H40BrN. The van der Waals surface area contributed by atoms with Gasteiger partial charge >= 0.3 is 0 Å². The highest BCUT2D eigenvalue weighted by molar-refractivity contribution is 5.24. The maximum absolute atomic E-state index is 3.97. The molecule has 0 saturated heterocycles. The van der Waals surface area contributed by atoms with E-state index in [2.05, 4.69) is 96.7 Å². The van der Waals surface area contributed by atoms with Crippen molar-refractivity contribution in [1.82, 2.24) is 0 Å². The van der Waals surface area contributed by atoms with E-state index in [0.29, 0.717) is 0 Å². The molecule has 0 atom stereocenters. The van der Waals surface area contributed by atoms with Crippen LogP contribution in [0.15, 0.2) is 91.0 Å². The Kier molecular flexibility index (Phi) is 12.4. The summed E-state index contributed by atoms with van der Waals surface area (Å²) >= 11 is 0. The van der Waals surface area contributed by atoms with Crippen molar-refractivity contribution in [3.05, 3.63) is 108 Å². The first-order chi connectivity index (χ1) is 15.3. The SMILES string of the molecule is [Br-].[NH3+]CCCCCCCCC(Cc1ccccc1)(Cc1ccccc1)Cc1ccccc1. The number of halogens is 1. The topological polar surface area (TPSA) is 27.6 Å². The number of hydrogen-bond acceptors (Lipinski definition) is 0. The van der Waals surface area contributed by atoms with Crippen LogP contribution in [0.25, 0.3) is 0 Å². The Morgan fingerprint density at radius 3 is 1.19 bits per heavy atom. The van der Waals surface area contributed by atoms with Crippen molar-refractivity contribution in [2.24, 2.45) is 5.41 Å². The number of benzene rings is 3. The molecule has 0 unspecified atom stereocenters. The fourth-order valence-electron chi connectivity index (χ4n) is 4.92. The number of rotatable bonds is 14. The van der Waals surface area contributed by atoms with Gasteiger partial charge in [0.05, 0.1) is 6.54 Å². The highest BCUT2D eigenvalue weighted by Gasteiger charge is 2.30. The molecule has 3 aromatic carbocycles. The summed E-state index contributed by atoms with van der Waals surface area (Å²) < 4.78 is 0. The van der Waals surface area contributed by atoms with Crippen molar-refractivity contribution in [3.63, 3.8) is 0 Å². The average Bonchev–Trinajstić information content (AvgIpc) is 2.80. The molecule has 172 valence electrons. The predicted octanol–water partition coefficient (Wildman–Crippen LogP) is 3.68. The average molecular weight is 495 g/mol. The highest BCUT2D eigenvalue weighted by Crippen LogP contribution is 2.37. The molecule has 0 radical (unpaired) electrons. The minimum atomic E-state index is 0. The maximum atomic E-state index is 3.97. The summed E-state index contributed by atoms with van der Waals surface area (Å²) in [7, 11) is 0. The Balaban J connectivity index is 0.00000363. The third kappa shape index (κ3) is 9.30. The molecule has 2 heteroatoms. The molecule has 1 nitrogen and oxygen atoms in total. The molecule has 32 heavy (non-hydrogen) atoms. The minimum absolute atomic E-state index is 0. The number of hydrogen-bond donors (Lipinski definition) is 1. The Labute approximate surface area is 206 Å². The first kappa shape index (κ1) is 26.4. The van der Waals surface area contributed by atoms with E-state index in [-0.39, 0.29) is 22.4 Å². The van der Waals surface area contributed by atoms with Gasteiger partial charge in [0, 0.05) is 0 Å². The molecule has 0 bridgehead atoms. The van der Waals surface area contributed by atoms with Gasteiger partial charge in [-0.25, -0.2) is 0 Å². The monoisotopic (exact) mass is 493 g/mol. The standard InChI is InChI=1S/C30H39N.BrH/c31-23-15-4-2-1-3-14-22-30(24-27-16-8-5-9-17-27,25-28-18-10-6-11-19-28)26-29-20-12-7-13-21-29;/h5-13,16-21H,1-4,14-15,22-26,31H2;1H. The summed E-state index contributed by atoms with van der Waals surface area (Å²) in [4.78, 5) is 0. The fraction of sp³-hybridized carbons (Fsp3) is 0.400. The third-order valence-corrected chi connectivity index (χ3v) is 6.47. The Morgan fingerprint density at radius 2 is 0.812 bits per heavy atom. The van der Waals surface area contributed by atoms with Crippen LogP contribution in [0.2, 0.25) is 0 Å². The maximum Gasteiger partial charge on any atom is 0.0739 e. The predicted molar refractivity (Wildman–Crippen MR) is 133 cm³/mol. The first-order valence-corrected chi connectivity index (χ1v) is 12.2. The van der Waals surface area contributed by atoms with Crippen LogP contribution in [0.3, 0.4) is 0 Å². The van der Waals surface area contributed by atoms with E-state index in [0.717, 1.165) is 25.8 Å². The number of quaternary nitrogens is 1. The lowest BCUT2D eigenvalue weighted by Gasteiger charge is -2.35. The molecule has 0 aromatic heterocycles. The van der Waals surface area contributed by atoms with Gasteiger partial charge in [-0.3, -0.25) is 0 Å². The van der Waals surface area contributed by atoms with Gasteiger partial charge in [-0.05, 0) is 60.6 Å². The molecule has 0 aliphatic carbocycles. The molecule has 0 fully saturated rings. The van der Waals surface area contributed by atoms with Crippen molar-refractivity contribution in [2.45, 2.75) is 64.2 Å². The van der Waals surface area contributed by atoms with Crippen molar-refractivity contribution in [3.8, 4) is 0 Å². The van der Waals surface area contributed by atoms with Crippen LogP contribution in [-0.4, -0.2) is 6.54 Å². The van der Waals surface area contributed by atoms with Gasteiger partial charge in [0.15, 0.2) is 0 Å². The van der Waals surface area contributed by atoms with Gasteiger partial charge in [0.1, 0.15) is 0 Å². The highest BCUT2D eigenvalue weighted by atomic mass is 79.9. The van der Waals surface area contributed by atoms with Gasteiger partial charge in [-0.15, -0.1) is 0 Å². The minimum Gasteiger partial charge on any atom is -1.00 e. The summed E-state index contributed by atoms with van der Waals surface area (Å²) in [6.45, 7) is 1.08. The Hall–Kier alpha value is -1.90. The summed E-state index contributed by atoms with van der Waals surface area (Å²) in [5.41, 5.74) is 8.61. The van der Waals surface area contributed by atoms with E-state index in [9.17, 15) is 0 Å². The molecule has 3 N–H and O–H groups in total. The second kappa shape index (κ2) is 15.0. The van der Waals surface area contributed by atoms with E-state index in [1.54, 1.807) is 0 Å². The molecule has 0 saturated carbocycles. The van der Waals surface area contributed by atoms with Crippen LogP contribution in [0.1, 0.15) is 61.6 Å². The summed E-state index contributed by atoms with van der Waals surface area (Å²) in [6, 6.07) is 33.4. The first-order valence-electron chi connectivity index (χ1n) is 12.2. The third-order valence-electron chi connectivity index (χ3n) is 6.47. The quantitative estimate of drug-likeness (QED) is 0.331. The van der Waals surface area contributed by atoms with Gasteiger partial charge in [0.25, 0.3) is 0 Å². The van der Waals surface area contributed by atoms with Crippen molar-refractivity contribution in [1.29, 1.82) is 0 Å². The van der Waals surface area contributed by atoms with Crippen molar-refractivity contribution < 1.29 is 22.7 Å². The zero-order valence-electron chi connectivity index (χ0n) is 19.5. The lowest BCUT2D eigenvalue weighted by Crippen LogP contribution is -3.00. The van der Waals surface area contributed by atoms with Crippen LogP contribution >= 0.6 is 0 Å². The molecule has 3 aromatic rings. The summed E-state index contributed by atoms with van der Waals surface area (Å²) in [5.74, 6) is 0. The van der Waals surface area contributed by atoms with E-state index in [4.69, 9.17) is 0 Å². The van der Waals surface area contributed by atoms with Crippen LogP contribution in [0.4, 0.5) is 0 Å². The van der Waals surface area contributed by atoms with E-state index in [1.807, 2.05) is 0 Å². The fourth-order valence-corrected chi connectivity index (χ4v) is 4.92. The second-order valence-electron chi connectivity index (χ2n) is 9.21. The molecule has 0 amide bonds. The lowest BCUT2D eigenvalue weighted by molar-refractivity contribution is -0.368. The molecule has 3 rings (SSSR count). The van der Waals surface area contributed by atoms with Crippen LogP contribution in [0.5, 0.6) is 0 Å². The van der Waals surface area contributed by atoms with Crippen LogP contribution in [-0.2, 0) is 19.3 Å². The van der Waals surface area contributed by atoms with Gasteiger partial charge in [0.2, 0.25) is 0 Å². The molecule has 0 heterocycles. The second-order valence-corrected chi connectivity index (χ2v) is 9.21. The van der Waals surface area contributed by atoms with E-state index >= 15 is 0 Å². The van der Waals surface area contributed by atoms with Gasteiger partial charge in [-0.1, -0.05) is 117 Å². The summed E-state index contributed by atoms with van der Waals surface area (Å²) in [6.07, 6.45) is 12.7. The van der Waals surface area contributed by atoms with Crippen molar-refractivity contribution >= 4 is 0 Å². The lowest BCUT2D eigenvalue weighted by atomic mass is 9.69. The molecule has 0 spiro atoms. The summed E-state index contributed by atoms with van der Waals surface area (Å²) in [5, 5.41) is 0. The Bertz CT molecular complexity index is 731. The van der Waals surface area contributed by atoms with Crippen LogP contribution < -0.4 is 22.7 Å². The van der Waals surface area contributed by atoms with Crippen molar-refractivity contribution in [2.75, 3.05) is 6.54 Å². The van der Waals surface area contributed by atoms with Gasteiger partial charge in [-0.2, -0.15) is 0 Å². The zero-order valence-corrected chi connectivity index (χ0v) is 21.1. The number of unbranched alkanes of at least 4 members (excludes halogenated alkanes) is 5. The Morgan fingerprint density at radius 1 is 0.469 bits per heavy atom. The molecule has 0 aliphatic heterocycles. The molecular weight excluding hydrogens is 454 g/mol.